The van der Waals surface area contributed by atoms with Crippen LogP contribution in [0.15, 0.2) is 18.2 Å². The van der Waals surface area contributed by atoms with Crippen LogP contribution in [0.3, 0.4) is 0 Å². The average Bonchev–Trinajstić information content (AvgIpc) is 2.30. The molecule has 0 saturated heterocycles. The van der Waals surface area contributed by atoms with Gasteiger partial charge in [-0.1, -0.05) is 6.92 Å². The Bertz CT molecular complexity index is 537. The number of amides is 1. The molecule has 0 aromatic heterocycles. The van der Waals surface area contributed by atoms with Gasteiger partial charge >= 0.3 is 12.1 Å². The van der Waals surface area contributed by atoms with E-state index in [1.807, 2.05) is 0 Å². The Morgan fingerprint density at radius 2 is 2.00 bits per heavy atom. The van der Waals surface area contributed by atoms with Crippen LogP contribution in [-0.4, -0.2) is 22.8 Å². The fraction of sp³-hybridized carbons (Fsp3) is 0.467. The minimum atomic E-state index is -0.984. The van der Waals surface area contributed by atoms with Crippen LogP contribution in [-0.2, 0) is 16.0 Å². The maximum absolute atomic E-state index is 13.3. The largest absolute Gasteiger partial charge is 0.481 e. The van der Waals surface area contributed by atoms with Crippen LogP contribution in [0.4, 0.5) is 14.9 Å². The molecule has 0 aliphatic rings. The van der Waals surface area contributed by atoms with Crippen molar-refractivity contribution in [2.75, 3.05) is 5.32 Å². The molecule has 1 amide bonds. The number of carboxylic acid groups (broad SMARTS) is 1. The van der Waals surface area contributed by atoms with Gasteiger partial charge < -0.3 is 9.84 Å². The number of carbonyl (C=O) groups excluding carboxylic acids is 1. The first-order valence-electron chi connectivity index (χ1n) is 6.59. The van der Waals surface area contributed by atoms with E-state index in [4.69, 9.17) is 9.84 Å². The van der Waals surface area contributed by atoms with Gasteiger partial charge in [0.05, 0.1) is 5.92 Å². The van der Waals surface area contributed by atoms with Crippen LogP contribution in [0.1, 0.15) is 33.3 Å². The van der Waals surface area contributed by atoms with Crippen LogP contribution in [0, 0.1) is 11.7 Å². The molecule has 6 heteroatoms. The van der Waals surface area contributed by atoms with Crippen molar-refractivity contribution in [3.05, 3.63) is 29.6 Å². The second-order valence-corrected chi connectivity index (χ2v) is 5.87. The van der Waals surface area contributed by atoms with Gasteiger partial charge in [-0.25, -0.2) is 9.18 Å². The van der Waals surface area contributed by atoms with Crippen LogP contribution >= 0.6 is 0 Å². The third kappa shape index (κ3) is 5.81. The molecule has 1 aromatic rings. The molecule has 116 valence electrons. The van der Waals surface area contributed by atoms with Gasteiger partial charge in [-0.15, -0.1) is 0 Å². The highest BCUT2D eigenvalue weighted by Gasteiger charge is 2.19. The van der Waals surface area contributed by atoms with Gasteiger partial charge in [0.25, 0.3) is 0 Å². The molecule has 0 saturated carbocycles. The average molecular weight is 297 g/mol. The van der Waals surface area contributed by atoms with E-state index in [1.165, 1.54) is 25.1 Å². The summed E-state index contributed by atoms with van der Waals surface area (Å²) in [5, 5.41) is 11.5. The fourth-order valence-electron chi connectivity index (χ4n) is 1.68. The van der Waals surface area contributed by atoms with E-state index < -0.39 is 29.4 Å². The molecule has 0 radical (unpaired) electrons. The number of nitrogens with one attached hydrogen (secondary N) is 1. The Labute approximate surface area is 123 Å². The monoisotopic (exact) mass is 297 g/mol. The molecular weight excluding hydrogens is 277 g/mol. The molecule has 1 atom stereocenters. The fourth-order valence-corrected chi connectivity index (χ4v) is 1.68. The number of aliphatic carboxylic acids is 1. The molecule has 21 heavy (non-hydrogen) atoms. The lowest BCUT2D eigenvalue weighted by molar-refractivity contribution is -0.141. The summed E-state index contributed by atoms with van der Waals surface area (Å²) in [6.45, 7) is 6.70. The summed E-state index contributed by atoms with van der Waals surface area (Å²) < 4.78 is 18.4. The van der Waals surface area contributed by atoms with Crippen molar-refractivity contribution >= 4 is 17.7 Å². The standard InChI is InChI=1S/C15H20FNO4/c1-9(13(18)19)7-10-8-11(16)5-6-12(10)17-14(20)21-15(2,3)4/h5-6,8-9H,7H2,1-4H3,(H,17,20)(H,18,19). The number of hydrogen-bond acceptors (Lipinski definition) is 3. The zero-order valence-corrected chi connectivity index (χ0v) is 12.6. The van der Waals surface area contributed by atoms with E-state index in [-0.39, 0.29) is 6.42 Å². The molecule has 0 aliphatic carbocycles. The van der Waals surface area contributed by atoms with Crippen LogP contribution < -0.4 is 5.32 Å². The number of carbonyl (C=O) groups is 2. The number of hydrogen-bond donors (Lipinski definition) is 2. The molecule has 5 nitrogen and oxygen atoms in total. The van der Waals surface area contributed by atoms with Gasteiger partial charge in [-0.05, 0) is 51.0 Å². The van der Waals surface area contributed by atoms with Crippen LogP contribution in [0.5, 0.6) is 0 Å². The lowest BCUT2D eigenvalue weighted by Crippen LogP contribution is -2.27. The highest BCUT2D eigenvalue weighted by Crippen LogP contribution is 2.22. The maximum atomic E-state index is 13.3. The predicted molar refractivity (Wildman–Crippen MR) is 76.8 cm³/mol. The molecule has 0 fully saturated rings. The van der Waals surface area contributed by atoms with E-state index in [2.05, 4.69) is 5.32 Å². The number of halogens is 1. The molecule has 0 heterocycles. The van der Waals surface area contributed by atoms with E-state index >= 15 is 0 Å². The minimum absolute atomic E-state index is 0.109. The number of anilines is 1. The first-order chi connectivity index (χ1) is 9.58. The SMILES string of the molecule is CC(Cc1cc(F)ccc1NC(=O)OC(C)(C)C)C(=O)O. The van der Waals surface area contributed by atoms with E-state index in [0.717, 1.165) is 0 Å². The summed E-state index contributed by atoms with van der Waals surface area (Å²) in [7, 11) is 0. The van der Waals surface area contributed by atoms with Crippen molar-refractivity contribution in [2.45, 2.75) is 39.7 Å². The summed E-state index contributed by atoms with van der Waals surface area (Å²) in [5.74, 6) is -2.16. The van der Waals surface area contributed by atoms with Crippen molar-refractivity contribution in [3.63, 3.8) is 0 Å². The predicted octanol–water partition coefficient (Wildman–Crippen LogP) is 3.44. The third-order valence-corrected chi connectivity index (χ3v) is 2.65. The van der Waals surface area contributed by atoms with Crippen molar-refractivity contribution in [1.29, 1.82) is 0 Å². The minimum Gasteiger partial charge on any atom is -0.481 e. The van der Waals surface area contributed by atoms with Gasteiger partial charge in [-0.3, -0.25) is 10.1 Å². The third-order valence-electron chi connectivity index (χ3n) is 2.65. The number of rotatable bonds is 4. The quantitative estimate of drug-likeness (QED) is 0.892. The Kier molecular flexibility index (Phi) is 5.29. The lowest BCUT2D eigenvalue weighted by Gasteiger charge is -2.20. The lowest BCUT2D eigenvalue weighted by atomic mass is 9.99. The van der Waals surface area contributed by atoms with Crippen LogP contribution in [0.2, 0.25) is 0 Å². The second kappa shape index (κ2) is 6.56. The smallest absolute Gasteiger partial charge is 0.412 e. The first-order valence-corrected chi connectivity index (χ1v) is 6.59. The maximum Gasteiger partial charge on any atom is 0.412 e. The molecule has 2 N–H and O–H groups in total. The van der Waals surface area contributed by atoms with Crippen molar-refractivity contribution in [1.82, 2.24) is 0 Å². The Balaban J connectivity index is 2.91. The van der Waals surface area contributed by atoms with E-state index in [9.17, 15) is 14.0 Å². The molecule has 0 bridgehead atoms. The van der Waals surface area contributed by atoms with Crippen LogP contribution in [0.25, 0.3) is 0 Å². The molecule has 0 aliphatic heterocycles. The highest BCUT2D eigenvalue weighted by molar-refractivity contribution is 5.86. The normalized spacial score (nSPS) is 12.6. The molecular formula is C15H20FNO4. The van der Waals surface area contributed by atoms with E-state index in [1.54, 1.807) is 20.8 Å². The van der Waals surface area contributed by atoms with Crippen molar-refractivity contribution < 1.29 is 23.8 Å². The zero-order valence-electron chi connectivity index (χ0n) is 12.6. The Hall–Kier alpha value is -2.11. The molecule has 0 spiro atoms. The summed E-state index contributed by atoms with van der Waals surface area (Å²) in [6.07, 6.45) is -0.559. The van der Waals surface area contributed by atoms with Crippen molar-refractivity contribution in [2.24, 2.45) is 5.92 Å². The number of ether oxygens (including phenoxy) is 1. The first kappa shape index (κ1) is 16.9. The summed E-state index contributed by atoms with van der Waals surface area (Å²) >= 11 is 0. The van der Waals surface area contributed by atoms with Gasteiger partial charge in [-0.2, -0.15) is 0 Å². The Morgan fingerprint density at radius 1 is 1.38 bits per heavy atom. The molecule has 1 aromatic carbocycles. The van der Waals surface area contributed by atoms with Crippen molar-refractivity contribution in [3.8, 4) is 0 Å². The highest BCUT2D eigenvalue weighted by atomic mass is 19.1. The Morgan fingerprint density at radius 3 is 2.52 bits per heavy atom. The van der Waals surface area contributed by atoms with Gasteiger partial charge in [0.1, 0.15) is 11.4 Å². The summed E-state index contributed by atoms with van der Waals surface area (Å²) in [6, 6.07) is 3.80. The summed E-state index contributed by atoms with van der Waals surface area (Å²) in [4.78, 5) is 22.6. The van der Waals surface area contributed by atoms with E-state index in [0.29, 0.717) is 11.3 Å². The molecule has 1 unspecified atom stereocenters. The summed E-state index contributed by atoms with van der Waals surface area (Å²) in [5.41, 5.74) is 0.105. The topological polar surface area (TPSA) is 75.6 Å². The second-order valence-electron chi connectivity index (χ2n) is 5.87. The number of benzene rings is 1. The van der Waals surface area contributed by atoms with Gasteiger partial charge in [0.15, 0.2) is 0 Å². The number of carboxylic acids is 1. The zero-order chi connectivity index (χ0) is 16.2. The van der Waals surface area contributed by atoms with Gasteiger partial charge in [0, 0.05) is 5.69 Å². The van der Waals surface area contributed by atoms with Gasteiger partial charge in [0.2, 0.25) is 0 Å². The molecule has 1 rings (SSSR count).